The Morgan fingerprint density at radius 1 is 0.615 bits per heavy atom. The minimum atomic E-state index is -1.10. The van der Waals surface area contributed by atoms with Gasteiger partial charge in [0.2, 0.25) is 0 Å². The van der Waals surface area contributed by atoms with Crippen molar-refractivity contribution in [1.29, 1.82) is 0 Å². The molecule has 0 unspecified atom stereocenters. The smallest absolute Gasteiger partial charge is 0.327 e. The number of carbonyl (C=O) groups is 2. The van der Waals surface area contributed by atoms with Crippen molar-refractivity contribution in [3.8, 4) is 0 Å². The molecule has 0 rings (SSSR count). The van der Waals surface area contributed by atoms with Crippen LogP contribution in [0.25, 0.3) is 0 Å². The lowest BCUT2D eigenvalue weighted by atomic mass is 10.2. The van der Waals surface area contributed by atoms with E-state index in [9.17, 15) is 9.59 Å². The molecule has 39 heavy (non-hydrogen) atoms. The standard InChI is InChI=1S/C8H18O5.2C6H14O2.2C3H4O2/c9-1-3-11-5-7-13-8-6-12-4-2-10;2*1-2-3-4-5-6(7)8;2*1-2-3(4)5/h9-10H,1-8H2;2*6-8H,2-5H2,1H3;2*2H,1H2,(H,4,5). The van der Waals surface area contributed by atoms with Crippen LogP contribution in [-0.4, -0.2) is 118 Å². The number of aliphatic hydroxyl groups excluding tert-OH is 4. The van der Waals surface area contributed by atoms with Crippen LogP contribution < -0.4 is 0 Å². The molecule has 0 heterocycles. The van der Waals surface area contributed by atoms with Crippen molar-refractivity contribution in [3.63, 3.8) is 0 Å². The Labute approximate surface area is 233 Å². The number of carboxylic acid groups (broad SMARTS) is 2. The summed E-state index contributed by atoms with van der Waals surface area (Å²) in [4.78, 5) is 18.5. The van der Waals surface area contributed by atoms with Crippen molar-refractivity contribution in [2.24, 2.45) is 0 Å². The number of carboxylic acids is 2. The Balaban J connectivity index is -0.000000130. The van der Waals surface area contributed by atoms with E-state index < -0.39 is 24.5 Å². The quantitative estimate of drug-likeness (QED) is 0.0583. The predicted molar refractivity (Wildman–Crippen MR) is 147 cm³/mol. The molecule has 13 heteroatoms. The minimum absolute atomic E-state index is 0.0413. The third-order valence-electron chi connectivity index (χ3n) is 3.70. The Morgan fingerprint density at radius 3 is 1.05 bits per heavy atom. The number of rotatable bonds is 20. The summed E-state index contributed by atoms with van der Waals surface area (Å²) in [6.45, 7) is 12.9. The number of aliphatic hydroxyl groups is 6. The molecule has 8 N–H and O–H groups in total. The van der Waals surface area contributed by atoms with E-state index in [1.54, 1.807) is 0 Å². The minimum Gasteiger partial charge on any atom is -0.478 e. The van der Waals surface area contributed by atoms with Gasteiger partial charge < -0.3 is 55.1 Å². The molecule has 0 saturated heterocycles. The van der Waals surface area contributed by atoms with Gasteiger partial charge in [-0.2, -0.15) is 0 Å². The second kappa shape index (κ2) is 45.9. The summed E-state index contributed by atoms with van der Waals surface area (Å²) in [5.41, 5.74) is 0. The first kappa shape index (κ1) is 46.9. The molecular formula is C26H54O13. The predicted octanol–water partition coefficient (Wildman–Crippen LogP) is 1.29. The maximum atomic E-state index is 9.25. The van der Waals surface area contributed by atoms with Crippen molar-refractivity contribution in [3.05, 3.63) is 25.3 Å². The first-order chi connectivity index (χ1) is 18.5. The lowest BCUT2D eigenvalue weighted by molar-refractivity contribution is -0.132. The molecule has 0 fully saturated rings. The van der Waals surface area contributed by atoms with Crippen LogP contribution in [0, 0.1) is 0 Å². The molecule has 0 amide bonds. The van der Waals surface area contributed by atoms with E-state index in [-0.39, 0.29) is 13.2 Å². The largest absolute Gasteiger partial charge is 0.478 e. The first-order valence-electron chi connectivity index (χ1n) is 12.9. The lowest BCUT2D eigenvalue weighted by Gasteiger charge is -2.04. The van der Waals surface area contributed by atoms with Crippen molar-refractivity contribution < 1.29 is 64.7 Å². The summed E-state index contributed by atoms with van der Waals surface area (Å²) in [6, 6.07) is 0. The van der Waals surface area contributed by atoms with Gasteiger partial charge in [-0.05, 0) is 25.7 Å². The van der Waals surface area contributed by atoms with Gasteiger partial charge in [-0.3, -0.25) is 0 Å². The third-order valence-corrected chi connectivity index (χ3v) is 3.70. The van der Waals surface area contributed by atoms with E-state index in [0.29, 0.717) is 52.5 Å². The van der Waals surface area contributed by atoms with E-state index in [2.05, 4.69) is 27.0 Å². The highest BCUT2D eigenvalue weighted by molar-refractivity contribution is 5.79. The number of hydrogen-bond donors (Lipinski definition) is 8. The fraction of sp³-hybridized carbons (Fsp3) is 0.769. The summed E-state index contributed by atoms with van der Waals surface area (Å²) in [5.74, 6) is -1.96. The zero-order chi connectivity index (χ0) is 31.2. The van der Waals surface area contributed by atoms with E-state index >= 15 is 0 Å². The molecular weight excluding hydrogens is 520 g/mol. The average Bonchev–Trinajstić information content (AvgIpc) is 2.89. The second-order valence-corrected chi connectivity index (χ2v) is 7.32. The van der Waals surface area contributed by atoms with Crippen LogP contribution in [0.15, 0.2) is 25.3 Å². The van der Waals surface area contributed by atoms with Gasteiger partial charge in [0.25, 0.3) is 0 Å². The Morgan fingerprint density at radius 2 is 0.872 bits per heavy atom. The van der Waals surface area contributed by atoms with Gasteiger partial charge in [0.15, 0.2) is 12.6 Å². The summed E-state index contributed by atoms with van der Waals surface area (Å²) in [6.07, 6.45) is 6.82. The summed E-state index contributed by atoms with van der Waals surface area (Å²) < 4.78 is 15.0. The molecule has 0 aromatic carbocycles. The van der Waals surface area contributed by atoms with Crippen molar-refractivity contribution in [1.82, 2.24) is 0 Å². The van der Waals surface area contributed by atoms with Crippen LogP contribution >= 0.6 is 0 Å². The zero-order valence-electron chi connectivity index (χ0n) is 23.7. The lowest BCUT2D eigenvalue weighted by Crippen LogP contribution is -2.11. The highest BCUT2D eigenvalue weighted by Gasteiger charge is 1.94. The number of hydrogen-bond acceptors (Lipinski definition) is 11. The first-order valence-corrected chi connectivity index (χ1v) is 12.9. The molecule has 0 aliphatic carbocycles. The van der Waals surface area contributed by atoms with Crippen molar-refractivity contribution in [2.45, 2.75) is 77.8 Å². The highest BCUT2D eigenvalue weighted by Crippen LogP contribution is 2.00. The van der Waals surface area contributed by atoms with Crippen LogP contribution in [0.2, 0.25) is 0 Å². The van der Waals surface area contributed by atoms with Gasteiger partial charge in [-0.25, -0.2) is 9.59 Å². The van der Waals surface area contributed by atoms with Gasteiger partial charge >= 0.3 is 11.9 Å². The van der Waals surface area contributed by atoms with Gasteiger partial charge in [0.1, 0.15) is 0 Å². The Hall–Kier alpha value is -1.94. The molecule has 0 aliphatic rings. The monoisotopic (exact) mass is 574 g/mol. The SMILES string of the molecule is C=CC(=O)O.C=CC(=O)O.CCCCCC(O)O.CCCCCC(O)O.OCCOCCOCCOCCO. The number of unbranched alkanes of at least 4 members (excludes halogenated alkanes) is 4. The van der Waals surface area contributed by atoms with Crippen LogP contribution in [0.1, 0.15) is 65.2 Å². The zero-order valence-corrected chi connectivity index (χ0v) is 23.7. The van der Waals surface area contributed by atoms with Crippen LogP contribution in [0.3, 0.4) is 0 Å². The average molecular weight is 575 g/mol. The summed E-state index contributed by atoms with van der Waals surface area (Å²) >= 11 is 0. The number of aliphatic carboxylic acids is 2. The molecule has 0 spiro atoms. The fourth-order valence-electron chi connectivity index (χ4n) is 1.82. The normalized spacial score (nSPS) is 9.49. The molecule has 0 atom stereocenters. The van der Waals surface area contributed by atoms with Crippen molar-refractivity contribution >= 4 is 11.9 Å². The maximum Gasteiger partial charge on any atom is 0.327 e. The molecule has 236 valence electrons. The maximum absolute atomic E-state index is 9.25. The van der Waals surface area contributed by atoms with Crippen molar-refractivity contribution in [2.75, 3.05) is 52.9 Å². The molecule has 0 aliphatic heterocycles. The van der Waals surface area contributed by atoms with E-state index in [0.717, 1.165) is 50.7 Å². The fourth-order valence-corrected chi connectivity index (χ4v) is 1.82. The highest BCUT2D eigenvalue weighted by atomic mass is 16.5. The Bertz CT molecular complexity index is 444. The van der Waals surface area contributed by atoms with E-state index in [1.807, 2.05) is 0 Å². The summed E-state index contributed by atoms with van der Waals surface area (Å²) in [7, 11) is 0. The molecule has 0 saturated carbocycles. The van der Waals surface area contributed by atoms with Gasteiger partial charge in [0, 0.05) is 12.2 Å². The Kier molecular flexibility index (Phi) is 55.2. The van der Waals surface area contributed by atoms with E-state index in [4.69, 9.17) is 55.1 Å². The molecule has 0 radical (unpaired) electrons. The third kappa shape index (κ3) is 86.0. The van der Waals surface area contributed by atoms with Crippen LogP contribution in [0.5, 0.6) is 0 Å². The molecule has 13 nitrogen and oxygen atoms in total. The second-order valence-electron chi connectivity index (χ2n) is 7.32. The topological polar surface area (TPSA) is 224 Å². The van der Waals surface area contributed by atoms with Crippen LogP contribution in [-0.2, 0) is 23.8 Å². The molecule has 0 aromatic rings. The summed E-state index contributed by atoms with van der Waals surface area (Å²) in [5, 5.41) is 65.3. The molecule has 0 aromatic heterocycles. The van der Waals surface area contributed by atoms with Gasteiger partial charge in [-0.15, -0.1) is 0 Å². The number of ether oxygens (including phenoxy) is 3. The van der Waals surface area contributed by atoms with Crippen LogP contribution in [0.4, 0.5) is 0 Å². The van der Waals surface area contributed by atoms with Gasteiger partial charge in [-0.1, -0.05) is 52.7 Å². The van der Waals surface area contributed by atoms with Gasteiger partial charge in [0.05, 0.1) is 52.9 Å². The van der Waals surface area contributed by atoms with E-state index in [1.165, 1.54) is 0 Å². The molecule has 0 bridgehead atoms.